The summed E-state index contributed by atoms with van der Waals surface area (Å²) in [7, 11) is 3.61. The molecule has 6 heteroatoms. The summed E-state index contributed by atoms with van der Waals surface area (Å²) in [6.45, 7) is 4.22. The zero-order valence-electron chi connectivity index (χ0n) is 11.4. The first-order valence-corrected chi connectivity index (χ1v) is 6.30. The Labute approximate surface area is 107 Å². The fraction of sp³-hybridized carbons (Fsp3) is 0.917. The van der Waals surface area contributed by atoms with Gasteiger partial charge >= 0.3 is 0 Å². The number of hydrogen-bond acceptors (Lipinski definition) is 5. The van der Waals surface area contributed by atoms with E-state index >= 15 is 0 Å². The number of likely N-dealkylation sites (N-methyl/N-ethyl adjacent to an activating group) is 1. The van der Waals surface area contributed by atoms with E-state index in [1.165, 1.54) is 0 Å². The molecule has 6 nitrogen and oxygen atoms in total. The second-order valence-corrected chi connectivity index (χ2v) is 5.41. The molecule has 1 amide bonds. The molecule has 0 aromatic carbocycles. The van der Waals surface area contributed by atoms with Crippen molar-refractivity contribution in [2.75, 3.05) is 27.3 Å². The molecule has 0 aromatic heterocycles. The average Bonchev–Trinajstić information content (AvgIpc) is 2.74. The zero-order chi connectivity index (χ0) is 13.5. The summed E-state index contributed by atoms with van der Waals surface area (Å²) >= 11 is 0. The third-order valence-corrected chi connectivity index (χ3v) is 3.80. The Morgan fingerprint density at radius 3 is 2.61 bits per heavy atom. The molecular formula is C12H22N2O4. The number of amides is 1. The van der Waals surface area contributed by atoms with Crippen LogP contribution in [0.2, 0.25) is 0 Å². The molecule has 1 N–H and O–H groups in total. The minimum absolute atomic E-state index is 0.00551. The lowest BCUT2D eigenvalue weighted by atomic mass is 9.93. The molecule has 0 aromatic rings. The lowest BCUT2D eigenvalue weighted by Gasteiger charge is -2.30. The molecule has 2 saturated heterocycles. The highest BCUT2D eigenvalue weighted by molar-refractivity contribution is 5.81. The van der Waals surface area contributed by atoms with Crippen LogP contribution >= 0.6 is 0 Å². The monoisotopic (exact) mass is 258 g/mol. The fourth-order valence-electron chi connectivity index (χ4n) is 2.82. The molecule has 2 aliphatic heterocycles. The quantitative estimate of drug-likeness (QED) is 0.761. The molecule has 3 unspecified atom stereocenters. The van der Waals surface area contributed by atoms with Crippen LogP contribution in [0.1, 0.15) is 20.3 Å². The Kier molecular flexibility index (Phi) is 3.64. The van der Waals surface area contributed by atoms with Crippen LogP contribution in [0.4, 0.5) is 0 Å². The number of hydrazine groups is 1. The number of ether oxygens (including phenoxy) is 2. The predicted molar refractivity (Wildman–Crippen MR) is 64.4 cm³/mol. The molecule has 0 aliphatic carbocycles. The number of nitrogens with zero attached hydrogens (tertiary/aromatic N) is 2. The van der Waals surface area contributed by atoms with Crippen LogP contribution in [0.15, 0.2) is 0 Å². The molecule has 104 valence electrons. The Bertz CT molecular complexity index is 334. The third-order valence-electron chi connectivity index (χ3n) is 3.80. The number of carbonyl (C=O) groups excluding carboxylic acids is 1. The van der Waals surface area contributed by atoms with Gasteiger partial charge in [-0.2, -0.15) is 0 Å². The maximum Gasteiger partial charge on any atom is 0.241 e. The van der Waals surface area contributed by atoms with Crippen LogP contribution in [0.3, 0.4) is 0 Å². The van der Waals surface area contributed by atoms with Gasteiger partial charge in [0.25, 0.3) is 0 Å². The molecule has 2 heterocycles. The van der Waals surface area contributed by atoms with Gasteiger partial charge in [-0.25, -0.2) is 5.01 Å². The van der Waals surface area contributed by atoms with E-state index in [1.807, 2.05) is 25.9 Å². The number of hydrogen-bond donors (Lipinski definition) is 1. The lowest BCUT2D eigenvalue weighted by molar-refractivity contribution is -0.150. The normalized spacial score (nSPS) is 36.6. The minimum Gasteiger partial charge on any atom is -0.396 e. The van der Waals surface area contributed by atoms with E-state index in [-0.39, 0.29) is 30.6 Å². The molecule has 3 atom stereocenters. The van der Waals surface area contributed by atoms with E-state index in [4.69, 9.17) is 14.6 Å². The van der Waals surface area contributed by atoms with Gasteiger partial charge in [0.2, 0.25) is 5.91 Å². The predicted octanol–water partition coefficient (Wildman–Crippen LogP) is -0.176. The maximum atomic E-state index is 12.1. The zero-order valence-corrected chi connectivity index (χ0v) is 11.4. The van der Waals surface area contributed by atoms with E-state index < -0.39 is 5.79 Å². The van der Waals surface area contributed by atoms with Crippen LogP contribution in [0.5, 0.6) is 0 Å². The van der Waals surface area contributed by atoms with Crippen LogP contribution in [-0.2, 0) is 14.3 Å². The van der Waals surface area contributed by atoms with Gasteiger partial charge in [-0.3, -0.25) is 9.80 Å². The molecule has 2 rings (SSSR count). The number of carbonyl (C=O) groups is 1. The van der Waals surface area contributed by atoms with Crippen molar-refractivity contribution in [1.29, 1.82) is 0 Å². The largest absolute Gasteiger partial charge is 0.396 e. The summed E-state index contributed by atoms with van der Waals surface area (Å²) in [4.78, 5) is 12.1. The third kappa shape index (κ3) is 2.25. The van der Waals surface area contributed by atoms with Gasteiger partial charge < -0.3 is 14.6 Å². The van der Waals surface area contributed by atoms with Crippen LogP contribution < -0.4 is 0 Å². The molecule has 0 bridgehead atoms. The summed E-state index contributed by atoms with van der Waals surface area (Å²) in [6, 6.07) is -0.0728. The number of rotatable bonds is 3. The fourth-order valence-corrected chi connectivity index (χ4v) is 2.82. The van der Waals surface area contributed by atoms with Crippen molar-refractivity contribution < 1.29 is 19.4 Å². The summed E-state index contributed by atoms with van der Waals surface area (Å²) in [5, 5.41) is 12.6. The van der Waals surface area contributed by atoms with Gasteiger partial charge in [0, 0.05) is 20.7 Å². The molecule has 0 saturated carbocycles. The molecular weight excluding hydrogens is 236 g/mol. The molecule has 18 heavy (non-hydrogen) atoms. The topological polar surface area (TPSA) is 62.2 Å². The van der Waals surface area contributed by atoms with Crippen molar-refractivity contribution >= 4 is 5.91 Å². The van der Waals surface area contributed by atoms with E-state index in [9.17, 15) is 4.79 Å². The van der Waals surface area contributed by atoms with Gasteiger partial charge in [-0.15, -0.1) is 0 Å². The first kappa shape index (κ1) is 13.7. The summed E-state index contributed by atoms with van der Waals surface area (Å²) < 4.78 is 11.4. The van der Waals surface area contributed by atoms with Gasteiger partial charge in [-0.1, -0.05) is 0 Å². The standard InChI is InChI=1S/C12H22N2O4/c1-12(2)17-7-9(18-12)10-8(5-6-15)11(16)14(4)13(10)3/h8-10,15H,5-7H2,1-4H3. The minimum atomic E-state index is -0.598. The molecule has 0 spiro atoms. The molecule has 0 radical (unpaired) electrons. The SMILES string of the molecule is CN1C(=O)C(CCO)C(C2COC(C)(C)O2)N1C. The van der Waals surface area contributed by atoms with Crippen molar-refractivity contribution in [2.45, 2.75) is 38.2 Å². The van der Waals surface area contributed by atoms with Gasteiger partial charge in [0.15, 0.2) is 5.79 Å². The first-order valence-electron chi connectivity index (χ1n) is 6.30. The van der Waals surface area contributed by atoms with Crippen molar-refractivity contribution in [3.8, 4) is 0 Å². The number of aliphatic hydroxyl groups excluding tert-OH is 1. The van der Waals surface area contributed by atoms with Gasteiger partial charge in [0.05, 0.1) is 18.6 Å². The van der Waals surface area contributed by atoms with Crippen molar-refractivity contribution in [3.05, 3.63) is 0 Å². The van der Waals surface area contributed by atoms with Crippen LogP contribution in [0.25, 0.3) is 0 Å². The maximum absolute atomic E-state index is 12.1. The molecule has 2 aliphatic rings. The Morgan fingerprint density at radius 2 is 2.11 bits per heavy atom. The summed E-state index contributed by atoms with van der Waals surface area (Å²) in [5.41, 5.74) is 0. The highest BCUT2D eigenvalue weighted by atomic mass is 16.7. The second-order valence-electron chi connectivity index (χ2n) is 5.41. The number of aliphatic hydroxyl groups is 1. The van der Waals surface area contributed by atoms with Gasteiger partial charge in [0.1, 0.15) is 6.10 Å². The van der Waals surface area contributed by atoms with Crippen molar-refractivity contribution in [2.24, 2.45) is 5.92 Å². The van der Waals surface area contributed by atoms with E-state index in [0.29, 0.717) is 13.0 Å². The van der Waals surface area contributed by atoms with Crippen molar-refractivity contribution in [3.63, 3.8) is 0 Å². The molecule has 2 fully saturated rings. The van der Waals surface area contributed by atoms with Crippen LogP contribution in [-0.4, -0.2) is 66.3 Å². The first-order chi connectivity index (χ1) is 8.37. The Morgan fingerprint density at radius 1 is 1.44 bits per heavy atom. The summed E-state index contributed by atoms with van der Waals surface area (Å²) in [6.07, 6.45) is 0.314. The van der Waals surface area contributed by atoms with Crippen LogP contribution in [0, 0.1) is 5.92 Å². The van der Waals surface area contributed by atoms with E-state index in [0.717, 1.165) is 0 Å². The Balaban J connectivity index is 2.16. The van der Waals surface area contributed by atoms with Crippen molar-refractivity contribution in [1.82, 2.24) is 10.0 Å². The Hall–Kier alpha value is -0.690. The highest BCUT2D eigenvalue weighted by Crippen LogP contribution is 2.34. The lowest BCUT2D eigenvalue weighted by Crippen LogP contribution is -2.45. The average molecular weight is 258 g/mol. The highest BCUT2D eigenvalue weighted by Gasteiger charge is 2.50. The van der Waals surface area contributed by atoms with Gasteiger partial charge in [-0.05, 0) is 20.3 Å². The second kappa shape index (κ2) is 4.77. The smallest absolute Gasteiger partial charge is 0.241 e. The van der Waals surface area contributed by atoms with E-state index in [1.54, 1.807) is 12.1 Å². The summed E-state index contributed by atoms with van der Waals surface area (Å²) in [5.74, 6) is -0.795. The van der Waals surface area contributed by atoms with E-state index in [2.05, 4.69) is 0 Å².